The van der Waals surface area contributed by atoms with Crippen LogP contribution in [0.1, 0.15) is 32.6 Å². The zero-order chi connectivity index (χ0) is 9.68. The number of hydrogen-bond acceptors (Lipinski definition) is 3. The third-order valence-electron chi connectivity index (χ3n) is 2.03. The molecule has 0 aromatic carbocycles. The van der Waals surface area contributed by atoms with E-state index in [0.29, 0.717) is 25.7 Å². The predicted molar refractivity (Wildman–Crippen MR) is 49.2 cm³/mol. The Bertz CT molecular complexity index is 198. The van der Waals surface area contributed by atoms with Crippen molar-refractivity contribution in [3.8, 4) is 0 Å². The highest BCUT2D eigenvalue weighted by Crippen LogP contribution is 2.10. The number of ether oxygens (including phenoxy) is 1. The molecular weight excluding hydrogens is 168 g/mol. The number of allylic oxidation sites excluding steroid dienone is 1. The molecule has 3 nitrogen and oxygen atoms in total. The van der Waals surface area contributed by atoms with Crippen LogP contribution in [-0.4, -0.2) is 23.3 Å². The molecule has 0 saturated carbocycles. The molecule has 74 valence electrons. The largest absolute Gasteiger partial charge is 0.463 e. The molecule has 1 unspecified atom stereocenters. The van der Waals surface area contributed by atoms with Gasteiger partial charge in [-0.3, -0.25) is 4.79 Å². The molecule has 1 aliphatic rings. The van der Waals surface area contributed by atoms with Crippen LogP contribution in [0.15, 0.2) is 12.2 Å². The minimum atomic E-state index is -0.392. The number of carbonyl (C=O) groups is 1. The second-order valence-electron chi connectivity index (χ2n) is 3.44. The summed E-state index contributed by atoms with van der Waals surface area (Å²) in [6.45, 7) is 1.81. The fourth-order valence-corrected chi connectivity index (χ4v) is 1.38. The van der Waals surface area contributed by atoms with Gasteiger partial charge in [-0.15, -0.1) is 0 Å². The molecule has 0 amide bonds. The average Bonchev–Trinajstić information content (AvgIpc) is 2.02. The second-order valence-corrected chi connectivity index (χ2v) is 3.44. The highest BCUT2D eigenvalue weighted by atomic mass is 16.5. The van der Waals surface area contributed by atoms with Crippen molar-refractivity contribution < 1.29 is 14.6 Å². The van der Waals surface area contributed by atoms with Gasteiger partial charge in [-0.2, -0.15) is 0 Å². The Hall–Kier alpha value is -0.830. The van der Waals surface area contributed by atoms with Crippen LogP contribution in [0.2, 0.25) is 0 Å². The van der Waals surface area contributed by atoms with Crippen molar-refractivity contribution in [1.29, 1.82) is 0 Å². The molecule has 1 rings (SSSR count). The molecule has 0 saturated heterocycles. The van der Waals surface area contributed by atoms with Crippen molar-refractivity contribution in [2.75, 3.05) is 0 Å². The lowest BCUT2D eigenvalue weighted by Gasteiger charge is -2.17. The van der Waals surface area contributed by atoms with Crippen molar-refractivity contribution in [2.45, 2.75) is 44.8 Å². The van der Waals surface area contributed by atoms with Gasteiger partial charge < -0.3 is 9.84 Å². The first-order valence-electron chi connectivity index (χ1n) is 4.71. The lowest BCUT2D eigenvalue weighted by atomic mass is 10.1. The monoisotopic (exact) mass is 184 g/mol. The summed E-state index contributed by atoms with van der Waals surface area (Å²) in [6.07, 6.45) is 5.61. The normalized spacial score (nSPS) is 33.5. The highest BCUT2D eigenvalue weighted by Gasteiger charge is 2.14. The third-order valence-corrected chi connectivity index (χ3v) is 2.03. The first-order valence-corrected chi connectivity index (χ1v) is 4.71. The Balaban J connectivity index is 2.50. The molecular formula is C10H16O3. The number of carbonyl (C=O) groups excluding carboxylic acids is 1. The molecule has 1 N–H and O–H groups in total. The van der Waals surface area contributed by atoms with Gasteiger partial charge in [0.2, 0.25) is 0 Å². The lowest BCUT2D eigenvalue weighted by Crippen LogP contribution is -2.21. The minimum absolute atomic E-state index is 0.172. The van der Waals surface area contributed by atoms with Gasteiger partial charge in [0.25, 0.3) is 0 Å². The Morgan fingerprint density at radius 3 is 3.08 bits per heavy atom. The number of rotatable bonds is 0. The molecule has 0 aliphatic carbocycles. The van der Waals surface area contributed by atoms with Gasteiger partial charge in [-0.25, -0.2) is 0 Å². The molecule has 0 aromatic rings. The van der Waals surface area contributed by atoms with E-state index < -0.39 is 6.10 Å². The summed E-state index contributed by atoms with van der Waals surface area (Å²) in [5, 5.41) is 9.45. The maximum Gasteiger partial charge on any atom is 0.306 e. The fraction of sp³-hybridized carbons (Fsp3) is 0.700. The minimum Gasteiger partial charge on any atom is -0.463 e. The van der Waals surface area contributed by atoms with E-state index in [-0.39, 0.29) is 12.1 Å². The number of hydrogen-bond donors (Lipinski definition) is 1. The van der Waals surface area contributed by atoms with Crippen molar-refractivity contribution in [1.82, 2.24) is 0 Å². The predicted octanol–water partition coefficient (Wildman–Crippen LogP) is 1.41. The smallest absolute Gasteiger partial charge is 0.306 e. The molecule has 3 heteroatoms. The zero-order valence-corrected chi connectivity index (χ0v) is 7.90. The molecule has 0 spiro atoms. The number of aliphatic hydroxyl groups is 1. The summed E-state index contributed by atoms with van der Waals surface area (Å²) in [5.41, 5.74) is 0. The van der Waals surface area contributed by atoms with Gasteiger partial charge in [0.05, 0.1) is 6.10 Å². The van der Waals surface area contributed by atoms with Crippen LogP contribution in [0.5, 0.6) is 0 Å². The van der Waals surface area contributed by atoms with Crippen molar-refractivity contribution in [3.05, 3.63) is 12.2 Å². The Kier molecular flexibility index (Phi) is 3.96. The quantitative estimate of drug-likeness (QED) is 0.457. The van der Waals surface area contributed by atoms with Gasteiger partial charge in [-0.05, 0) is 19.8 Å². The number of esters is 1. The number of cyclic esters (lactones) is 1. The summed E-state index contributed by atoms with van der Waals surface area (Å²) < 4.78 is 5.06. The third kappa shape index (κ3) is 4.08. The molecule has 0 radical (unpaired) electrons. The second kappa shape index (κ2) is 5.02. The van der Waals surface area contributed by atoms with E-state index in [1.165, 1.54) is 0 Å². The maximum atomic E-state index is 11.1. The Morgan fingerprint density at radius 2 is 2.31 bits per heavy atom. The summed E-state index contributed by atoms with van der Waals surface area (Å²) in [5.74, 6) is -0.175. The molecule has 2 atom stereocenters. The van der Waals surface area contributed by atoms with E-state index >= 15 is 0 Å². The topological polar surface area (TPSA) is 46.5 Å². The van der Waals surface area contributed by atoms with E-state index in [1.807, 2.05) is 19.1 Å². The first kappa shape index (κ1) is 10.3. The van der Waals surface area contributed by atoms with Crippen LogP contribution in [0.4, 0.5) is 0 Å². The summed E-state index contributed by atoms with van der Waals surface area (Å²) in [7, 11) is 0. The summed E-state index contributed by atoms with van der Waals surface area (Å²) in [6, 6.07) is 0. The zero-order valence-electron chi connectivity index (χ0n) is 7.90. The summed E-state index contributed by atoms with van der Waals surface area (Å²) >= 11 is 0. The van der Waals surface area contributed by atoms with Gasteiger partial charge in [0.1, 0.15) is 6.10 Å². The lowest BCUT2D eigenvalue weighted by molar-refractivity contribution is -0.149. The van der Waals surface area contributed by atoms with Crippen LogP contribution < -0.4 is 0 Å². The van der Waals surface area contributed by atoms with Crippen molar-refractivity contribution in [2.24, 2.45) is 0 Å². The molecule has 1 heterocycles. The van der Waals surface area contributed by atoms with Crippen molar-refractivity contribution in [3.63, 3.8) is 0 Å². The van der Waals surface area contributed by atoms with Gasteiger partial charge in [-0.1, -0.05) is 12.2 Å². The van der Waals surface area contributed by atoms with Crippen LogP contribution in [-0.2, 0) is 9.53 Å². The highest BCUT2D eigenvalue weighted by molar-refractivity contribution is 5.69. The van der Waals surface area contributed by atoms with Gasteiger partial charge in [0.15, 0.2) is 0 Å². The molecule has 0 fully saturated rings. The number of aliphatic hydroxyl groups excluding tert-OH is 1. The van der Waals surface area contributed by atoms with Crippen LogP contribution in [0, 0.1) is 0 Å². The fourth-order valence-electron chi connectivity index (χ4n) is 1.38. The molecule has 1 aliphatic heterocycles. The van der Waals surface area contributed by atoms with Crippen molar-refractivity contribution >= 4 is 5.97 Å². The van der Waals surface area contributed by atoms with E-state index in [2.05, 4.69) is 0 Å². The van der Waals surface area contributed by atoms with Crippen LogP contribution in [0.3, 0.4) is 0 Å². The molecule has 13 heavy (non-hydrogen) atoms. The SMILES string of the molecule is C[C@@H]1CC(O)C/C=C\CCC(=O)O1. The Labute approximate surface area is 78.4 Å². The van der Waals surface area contributed by atoms with Crippen LogP contribution >= 0.6 is 0 Å². The van der Waals surface area contributed by atoms with E-state index in [4.69, 9.17) is 4.74 Å². The standard InChI is InChI=1S/C10H16O3/c1-8-7-9(11)5-3-2-4-6-10(12)13-8/h2-3,8-9,11H,4-7H2,1H3/b3-2-/t8-,9?/m1/s1. The average molecular weight is 184 g/mol. The van der Waals surface area contributed by atoms with E-state index in [9.17, 15) is 9.90 Å². The summed E-state index contributed by atoms with van der Waals surface area (Å²) in [4.78, 5) is 11.1. The van der Waals surface area contributed by atoms with Gasteiger partial charge in [0, 0.05) is 12.8 Å². The first-order chi connectivity index (χ1) is 6.18. The van der Waals surface area contributed by atoms with Crippen LogP contribution in [0.25, 0.3) is 0 Å². The maximum absolute atomic E-state index is 11.1. The van der Waals surface area contributed by atoms with E-state index in [0.717, 1.165) is 0 Å². The van der Waals surface area contributed by atoms with E-state index in [1.54, 1.807) is 0 Å². The molecule has 0 bridgehead atoms. The Morgan fingerprint density at radius 1 is 1.54 bits per heavy atom. The van der Waals surface area contributed by atoms with Gasteiger partial charge >= 0.3 is 5.97 Å². The molecule has 0 aromatic heterocycles.